The second kappa shape index (κ2) is 6.33. The zero-order chi connectivity index (χ0) is 13.8. The molecule has 0 atom stereocenters. The van der Waals surface area contributed by atoms with E-state index in [0.717, 1.165) is 25.7 Å². The van der Waals surface area contributed by atoms with Gasteiger partial charge in [0.1, 0.15) is 17.3 Å². The first kappa shape index (κ1) is 14.3. The first-order chi connectivity index (χ1) is 9.13. The highest BCUT2D eigenvalue weighted by molar-refractivity contribution is 5.51. The first-order valence-electron chi connectivity index (χ1n) is 7.04. The summed E-state index contributed by atoms with van der Waals surface area (Å²) in [6.07, 6.45) is 6.74. The Morgan fingerprint density at radius 1 is 1.11 bits per heavy atom. The number of halogens is 2. The Kier molecular flexibility index (Phi) is 4.75. The highest BCUT2D eigenvalue weighted by atomic mass is 19.1. The van der Waals surface area contributed by atoms with E-state index in [-0.39, 0.29) is 18.3 Å². The van der Waals surface area contributed by atoms with Crippen LogP contribution in [0.3, 0.4) is 0 Å². The normalized spacial score (nSPS) is 17.3. The molecule has 2 N–H and O–H groups in total. The van der Waals surface area contributed by atoms with E-state index in [4.69, 9.17) is 5.73 Å². The van der Waals surface area contributed by atoms with Crippen LogP contribution in [0.4, 0.5) is 14.5 Å². The molecule has 4 heteroatoms. The zero-order valence-corrected chi connectivity index (χ0v) is 11.5. The van der Waals surface area contributed by atoms with Gasteiger partial charge in [0.05, 0.1) is 0 Å². The number of anilines is 1. The van der Waals surface area contributed by atoms with Gasteiger partial charge in [-0.3, -0.25) is 0 Å². The molecule has 0 saturated heterocycles. The van der Waals surface area contributed by atoms with Crippen molar-refractivity contribution < 1.29 is 8.78 Å². The van der Waals surface area contributed by atoms with E-state index >= 15 is 0 Å². The summed E-state index contributed by atoms with van der Waals surface area (Å²) in [5.41, 5.74) is 6.01. The van der Waals surface area contributed by atoms with Gasteiger partial charge >= 0.3 is 0 Å². The number of nitrogens with zero attached hydrogens (tertiary/aromatic N) is 1. The third-order valence-corrected chi connectivity index (χ3v) is 4.04. The van der Waals surface area contributed by atoms with Gasteiger partial charge in [-0.25, -0.2) is 8.78 Å². The summed E-state index contributed by atoms with van der Waals surface area (Å²) in [6.45, 7) is 0.154. The van der Waals surface area contributed by atoms with Gasteiger partial charge in [-0.1, -0.05) is 25.7 Å². The van der Waals surface area contributed by atoms with Gasteiger partial charge in [0.25, 0.3) is 0 Å². The Morgan fingerprint density at radius 2 is 1.63 bits per heavy atom. The van der Waals surface area contributed by atoms with Crippen LogP contribution in [-0.2, 0) is 6.54 Å². The highest BCUT2D eigenvalue weighted by Gasteiger charge is 2.22. The summed E-state index contributed by atoms with van der Waals surface area (Å²) in [4.78, 5) is 1.77. The van der Waals surface area contributed by atoms with Crippen LogP contribution < -0.4 is 10.6 Å². The average Bonchev–Trinajstić information content (AvgIpc) is 2.66. The van der Waals surface area contributed by atoms with E-state index in [9.17, 15) is 8.78 Å². The Labute approximate surface area is 113 Å². The van der Waals surface area contributed by atoms with Gasteiger partial charge < -0.3 is 10.6 Å². The van der Waals surface area contributed by atoms with Crippen molar-refractivity contribution in [3.63, 3.8) is 0 Å². The second-order valence-electron chi connectivity index (χ2n) is 5.37. The average molecular weight is 268 g/mol. The topological polar surface area (TPSA) is 29.3 Å². The standard InChI is InChI=1S/C15H22F2N2/c1-19(12-6-4-2-3-5-7-12)15-13(16)8-11(10-18)9-14(15)17/h8-9,12H,2-7,10,18H2,1H3. The maximum atomic E-state index is 14.1. The van der Waals surface area contributed by atoms with Crippen molar-refractivity contribution in [2.24, 2.45) is 5.73 Å². The zero-order valence-electron chi connectivity index (χ0n) is 11.5. The second-order valence-corrected chi connectivity index (χ2v) is 5.37. The van der Waals surface area contributed by atoms with E-state index in [0.29, 0.717) is 5.56 Å². The lowest BCUT2D eigenvalue weighted by Crippen LogP contribution is -2.32. The van der Waals surface area contributed by atoms with Crippen molar-refractivity contribution in [1.29, 1.82) is 0 Å². The van der Waals surface area contributed by atoms with Gasteiger partial charge in [-0.05, 0) is 30.5 Å². The van der Waals surface area contributed by atoms with E-state index in [2.05, 4.69) is 0 Å². The lowest BCUT2D eigenvalue weighted by atomic mass is 10.1. The van der Waals surface area contributed by atoms with Gasteiger partial charge in [0, 0.05) is 19.6 Å². The molecule has 1 aromatic carbocycles. The molecule has 2 nitrogen and oxygen atoms in total. The van der Waals surface area contributed by atoms with E-state index in [1.165, 1.54) is 25.0 Å². The summed E-state index contributed by atoms with van der Waals surface area (Å²) in [6, 6.07) is 2.91. The lowest BCUT2D eigenvalue weighted by molar-refractivity contribution is 0.516. The number of hydrogen-bond acceptors (Lipinski definition) is 2. The molecule has 1 aliphatic rings. The lowest BCUT2D eigenvalue weighted by Gasteiger charge is -2.30. The maximum Gasteiger partial charge on any atom is 0.149 e. The number of hydrogen-bond donors (Lipinski definition) is 1. The minimum atomic E-state index is -0.507. The monoisotopic (exact) mass is 268 g/mol. The molecule has 1 saturated carbocycles. The smallest absolute Gasteiger partial charge is 0.149 e. The molecule has 1 aliphatic carbocycles. The van der Waals surface area contributed by atoms with Gasteiger partial charge in [-0.2, -0.15) is 0 Å². The van der Waals surface area contributed by atoms with Crippen LogP contribution in [0.1, 0.15) is 44.1 Å². The van der Waals surface area contributed by atoms with Crippen LogP contribution in [-0.4, -0.2) is 13.1 Å². The van der Waals surface area contributed by atoms with Gasteiger partial charge in [-0.15, -0.1) is 0 Å². The summed E-state index contributed by atoms with van der Waals surface area (Å²) in [5, 5.41) is 0. The fourth-order valence-electron chi connectivity index (χ4n) is 2.90. The molecule has 0 bridgehead atoms. The largest absolute Gasteiger partial charge is 0.367 e. The SMILES string of the molecule is CN(c1c(F)cc(CN)cc1F)C1CCCCCC1. The predicted octanol–water partition coefficient (Wildman–Crippen LogP) is 3.58. The molecular weight excluding hydrogens is 246 g/mol. The van der Waals surface area contributed by atoms with Crippen LogP contribution in [0, 0.1) is 11.6 Å². The molecular formula is C15H22F2N2. The fraction of sp³-hybridized carbons (Fsp3) is 0.600. The predicted molar refractivity (Wildman–Crippen MR) is 74.1 cm³/mol. The van der Waals surface area contributed by atoms with Crippen LogP contribution in [0.15, 0.2) is 12.1 Å². The molecule has 0 aliphatic heterocycles. The van der Waals surface area contributed by atoms with Crippen LogP contribution in [0.5, 0.6) is 0 Å². The molecule has 0 radical (unpaired) electrons. The summed E-state index contributed by atoms with van der Waals surface area (Å²) < 4.78 is 28.1. The van der Waals surface area contributed by atoms with Crippen molar-refractivity contribution in [2.45, 2.75) is 51.1 Å². The molecule has 1 fully saturated rings. The molecule has 0 unspecified atom stereocenters. The van der Waals surface area contributed by atoms with Gasteiger partial charge in [0.15, 0.2) is 0 Å². The fourth-order valence-corrected chi connectivity index (χ4v) is 2.90. The minimum Gasteiger partial charge on any atom is -0.367 e. The Hall–Kier alpha value is -1.16. The third-order valence-electron chi connectivity index (χ3n) is 4.04. The summed E-state index contributed by atoms with van der Waals surface area (Å²) in [7, 11) is 1.79. The molecule has 0 amide bonds. The number of benzene rings is 1. The van der Waals surface area contributed by atoms with Crippen molar-refractivity contribution >= 4 is 5.69 Å². The summed E-state index contributed by atoms with van der Waals surface area (Å²) >= 11 is 0. The number of rotatable bonds is 3. The van der Waals surface area contributed by atoms with Crippen LogP contribution in [0.25, 0.3) is 0 Å². The molecule has 0 spiro atoms. The minimum absolute atomic E-state index is 0.0871. The highest BCUT2D eigenvalue weighted by Crippen LogP contribution is 2.30. The molecule has 19 heavy (non-hydrogen) atoms. The first-order valence-corrected chi connectivity index (χ1v) is 7.04. The van der Waals surface area contributed by atoms with Crippen molar-refractivity contribution in [3.8, 4) is 0 Å². The third kappa shape index (κ3) is 3.24. The number of nitrogens with two attached hydrogens (primary N) is 1. The van der Waals surface area contributed by atoms with Crippen LogP contribution in [0.2, 0.25) is 0 Å². The maximum absolute atomic E-state index is 14.1. The molecule has 0 aromatic heterocycles. The Morgan fingerprint density at radius 3 is 2.11 bits per heavy atom. The van der Waals surface area contributed by atoms with Crippen molar-refractivity contribution in [1.82, 2.24) is 0 Å². The molecule has 106 valence electrons. The molecule has 2 rings (SSSR count). The molecule has 1 aromatic rings. The van der Waals surface area contributed by atoms with Crippen LogP contribution >= 0.6 is 0 Å². The Bertz CT molecular complexity index is 403. The summed E-state index contributed by atoms with van der Waals surface area (Å²) in [5.74, 6) is -1.01. The van der Waals surface area contributed by atoms with E-state index in [1.807, 2.05) is 0 Å². The Balaban J connectivity index is 2.24. The van der Waals surface area contributed by atoms with Gasteiger partial charge in [0.2, 0.25) is 0 Å². The van der Waals surface area contributed by atoms with E-state index in [1.54, 1.807) is 11.9 Å². The van der Waals surface area contributed by atoms with Crippen molar-refractivity contribution in [2.75, 3.05) is 11.9 Å². The van der Waals surface area contributed by atoms with E-state index < -0.39 is 11.6 Å². The molecule has 0 heterocycles. The quantitative estimate of drug-likeness (QED) is 0.849. The van der Waals surface area contributed by atoms with Crippen molar-refractivity contribution in [3.05, 3.63) is 29.3 Å².